The van der Waals surface area contributed by atoms with Crippen LogP contribution in [-0.2, 0) is 24.3 Å². The Morgan fingerprint density at radius 1 is 0.903 bits per heavy atom. The molecule has 31 heavy (non-hydrogen) atoms. The van der Waals surface area contributed by atoms with Crippen LogP contribution in [0.15, 0.2) is 53.1 Å². The molecule has 2 aromatic carbocycles. The van der Waals surface area contributed by atoms with Gasteiger partial charge in [0.25, 0.3) is 11.8 Å². The van der Waals surface area contributed by atoms with Crippen LogP contribution >= 0.6 is 0 Å². The van der Waals surface area contributed by atoms with Crippen LogP contribution in [0.2, 0.25) is 0 Å². The van der Waals surface area contributed by atoms with E-state index in [-0.39, 0.29) is 10.6 Å². The van der Waals surface area contributed by atoms with Crippen LogP contribution in [0.25, 0.3) is 5.57 Å². The maximum Gasteiger partial charge on any atom is 0.282 e. The molecule has 0 bridgehead atoms. The molecule has 2 N–H and O–H groups in total. The van der Waals surface area contributed by atoms with Crippen molar-refractivity contribution in [2.24, 2.45) is 5.14 Å². The Labute approximate surface area is 180 Å². The SMILES string of the molecule is Cc1ccc(C2=C(N3CCOCC3)C(=O)N(c3ccc(S(N)(=O)=O)cc3)C2=O)cc1C. The third kappa shape index (κ3) is 3.87. The van der Waals surface area contributed by atoms with E-state index in [1.54, 1.807) is 0 Å². The van der Waals surface area contributed by atoms with Gasteiger partial charge >= 0.3 is 0 Å². The third-order valence-corrected chi connectivity index (χ3v) is 6.54. The van der Waals surface area contributed by atoms with Crippen LogP contribution in [0.1, 0.15) is 16.7 Å². The average Bonchev–Trinajstić information content (AvgIpc) is 3.00. The molecule has 162 valence electrons. The number of nitrogens with zero attached hydrogens (tertiary/aromatic N) is 2. The highest BCUT2D eigenvalue weighted by molar-refractivity contribution is 7.89. The molecule has 0 atom stereocenters. The largest absolute Gasteiger partial charge is 0.378 e. The lowest BCUT2D eigenvalue weighted by atomic mass is 9.99. The number of anilines is 1. The number of benzene rings is 2. The second-order valence-corrected chi connectivity index (χ2v) is 9.17. The third-order valence-electron chi connectivity index (χ3n) is 5.61. The Bertz CT molecular complexity index is 1200. The highest BCUT2D eigenvalue weighted by Crippen LogP contribution is 2.35. The van der Waals surface area contributed by atoms with Crippen molar-refractivity contribution in [1.29, 1.82) is 0 Å². The Morgan fingerprint density at radius 2 is 1.55 bits per heavy atom. The topological polar surface area (TPSA) is 110 Å². The predicted molar refractivity (Wildman–Crippen MR) is 116 cm³/mol. The first kappa shape index (κ1) is 21.2. The number of amides is 2. The summed E-state index contributed by atoms with van der Waals surface area (Å²) in [6, 6.07) is 11.1. The molecule has 0 aromatic heterocycles. The van der Waals surface area contributed by atoms with Gasteiger partial charge in [-0.05, 0) is 54.8 Å². The van der Waals surface area contributed by atoms with Gasteiger partial charge in [0.05, 0.1) is 29.4 Å². The van der Waals surface area contributed by atoms with E-state index in [4.69, 9.17) is 9.88 Å². The van der Waals surface area contributed by atoms with Crippen molar-refractivity contribution in [2.75, 3.05) is 31.2 Å². The van der Waals surface area contributed by atoms with Crippen molar-refractivity contribution in [3.05, 3.63) is 64.9 Å². The first-order chi connectivity index (χ1) is 14.7. The van der Waals surface area contributed by atoms with Crippen molar-refractivity contribution in [1.82, 2.24) is 4.90 Å². The minimum atomic E-state index is -3.88. The number of rotatable bonds is 4. The van der Waals surface area contributed by atoms with Gasteiger partial charge in [0.15, 0.2) is 0 Å². The molecule has 9 heteroatoms. The van der Waals surface area contributed by atoms with Crippen LogP contribution < -0.4 is 10.0 Å². The van der Waals surface area contributed by atoms with Crippen LogP contribution in [0, 0.1) is 13.8 Å². The van der Waals surface area contributed by atoms with Gasteiger partial charge in [-0.1, -0.05) is 18.2 Å². The van der Waals surface area contributed by atoms with Crippen molar-refractivity contribution < 1.29 is 22.7 Å². The number of hydrogen-bond acceptors (Lipinski definition) is 6. The molecule has 2 aliphatic rings. The van der Waals surface area contributed by atoms with E-state index in [0.29, 0.717) is 43.1 Å². The lowest BCUT2D eigenvalue weighted by Crippen LogP contribution is -2.40. The standard InChI is InChI=1S/C22H23N3O5S/c1-14-3-4-16(13-15(14)2)19-20(24-9-11-30-12-10-24)22(27)25(21(19)26)17-5-7-18(8-6-17)31(23,28)29/h3-8,13H,9-12H2,1-2H3,(H2,23,28,29). The van der Waals surface area contributed by atoms with Gasteiger partial charge in [0.1, 0.15) is 5.70 Å². The fourth-order valence-corrected chi connectivity index (χ4v) is 4.29. The summed E-state index contributed by atoms with van der Waals surface area (Å²) in [6.45, 7) is 5.88. The number of aryl methyl sites for hydroxylation is 2. The van der Waals surface area contributed by atoms with E-state index < -0.39 is 21.8 Å². The van der Waals surface area contributed by atoms with E-state index in [1.807, 2.05) is 36.9 Å². The number of imide groups is 1. The molecule has 0 radical (unpaired) electrons. The highest BCUT2D eigenvalue weighted by Gasteiger charge is 2.42. The van der Waals surface area contributed by atoms with Gasteiger partial charge in [-0.3, -0.25) is 9.59 Å². The Hall–Kier alpha value is -3.01. The van der Waals surface area contributed by atoms with E-state index in [9.17, 15) is 18.0 Å². The summed E-state index contributed by atoms with van der Waals surface area (Å²) >= 11 is 0. The summed E-state index contributed by atoms with van der Waals surface area (Å²) in [5.41, 5.74) is 3.74. The molecule has 1 fully saturated rings. The van der Waals surface area contributed by atoms with Gasteiger partial charge in [0, 0.05) is 13.1 Å². The second kappa shape index (κ2) is 7.92. The van der Waals surface area contributed by atoms with E-state index >= 15 is 0 Å². The van der Waals surface area contributed by atoms with Crippen LogP contribution in [-0.4, -0.2) is 51.4 Å². The molecule has 8 nitrogen and oxygen atoms in total. The monoisotopic (exact) mass is 441 g/mol. The first-order valence-electron chi connectivity index (χ1n) is 9.85. The number of morpholine rings is 1. The van der Waals surface area contributed by atoms with Crippen molar-refractivity contribution in [3.8, 4) is 0 Å². The smallest absolute Gasteiger partial charge is 0.282 e. The zero-order valence-electron chi connectivity index (χ0n) is 17.3. The molecule has 2 amide bonds. The summed E-state index contributed by atoms with van der Waals surface area (Å²) < 4.78 is 28.5. The lowest BCUT2D eigenvalue weighted by Gasteiger charge is -2.29. The van der Waals surface area contributed by atoms with E-state index in [1.165, 1.54) is 24.3 Å². The zero-order valence-corrected chi connectivity index (χ0v) is 18.1. The average molecular weight is 442 g/mol. The quantitative estimate of drug-likeness (QED) is 0.721. The Morgan fingerprint density at radius 3 is 2.13 bits per heavy atom. The van der Waals surface area contributed by atoms with Gasteiger partial charge in [-0.15, -0.1) is 0 Å². The minimum absolute atomic E-state index is 0.0916. The van der Waals surface area contributed by atoms with Crippen LogP contribution in [0.5, 0.6) is 0 Å². The van der Waals surface area contributed by atoms with Gasteiger partial charge in [0.2, 0.25) is 10.0 Å². The summed E-state index contributed by atoms with van der Waals surface area (Å²) in [4.78, 5) is 29.8. The summed E-state index contributed by atoms with van der Waals surface area (Å²) in [5.74, 6) is -0.887. The first-order valence-corrected chi connectivity index (χ1v) is 11.4. The summed E-state index contributed by atoms with van der Waals surface area (Å²) in [6.07, 6.45) is 0. The Kier molecular flexibility index (Phi) is 5.42. The predicted octanol–water partition coefficient (Wildman–Crippen LogP) is 1.57. The number of primary sulfonamides is 1. The fourth-order valence-electron chi connectivity index (χ4n) is 3.78. The lowest BCUT2D eigenvalue weighted by molar-refractivity contribution is -0.121. The number of carbonyl (C=O) groups excluding carboxylic acids is 2. The second-order valence-electron chi connectivity index (χ2n) is 7.61. The molecule has 2 heterocycles. The van der Waals surface area contributed by atoms with E-state index in [0.717, 1.165) is 16.0 Å². The number of carbonyl (C=O) groups is 2. The molecule has 1 saturated heterocycles. The zero-order chi connectivity index (χ0) is 22.3. The van der Waals surface area contributed by atoms with Crippen molar-refractivity contribution in [2.45, 2.75) is 18.7 Å². The van der Waals surface area contributed by atoms with Crippen LogP contribution in [0.3, 0.4) is 0 Å². The van der Waals surface area contributed by atoms with E-state index in [2.05, 4.69) is 0 Å². The van der Waals surface area contributed by atoms with Gasteiger partial charge < -0.3 is 9.64 Å². The molecular weight excluding hydrogens is 418 g/mol. The molecule has 0 saturated carbocycles. The van der Waals surface area contributed by atoms with Gasteiger partial charge in [-0.2, -0.15) is 0 Å². The minimum Gasteiger partial charge on any atom is -0.378 e. The normalized spacial score (nSPS) is 17.6. The molecule has 0 aliphatic carbocycles. The molecular formula is C22H23N3O5S. The van der Waals surface area contributed by atoms with Crippen molar-refractivity contribution in [3.63, 3.8) is 0 Å². The molecule has 0 unspecified atom stereocenters. The fraction of sp³-hybridized carbons (Fsp3) is 0.273. The number of ether oxygens (including phenoxy) is 1. The number of nitrogens with two attached hydrogens (primary N) is 1. The van der Waals surface area contributed by atoms with Crippen molar-refractivity contribution >= 4 is 33.1 Å². The summed E-state index contributed by atoms with van der Waals surface area (Å²) in [7, 11) is -3.88. The molecule has 2 aliphatic heterocycles. The van der Waals surface area contributed by atoms with Gasteiger partial charge in [-0.25, -0.2) is 18.5 Å². The molecule has 0 spiro atoms. The number of sulfonamides is 1. The summed E-state index contributed by atoms with van der Waals surface area (Å²) in [5, 5.41) is 5.16. The number of hydrogen-bond donors (Lipinski definition) is 1. The maximum atomic E-state index is 13.5. The Balaban J connectivity index is 1.81. The van der Waals surface area contributed by atoms with Crippen LogP contribution in [0.4, 0.5) is 5.69 Å². The highest BCUT2D eigenvalue weighted by atomic mass is 32.2. The molecule has 4 rings (SSSR count). The molecule has 2 aromatic rings. The maximum absolute atomic E-state index is 13.5.